The van der Waals surface area contributed by atoms with Crippen LogP contribution in [0.25, 0.3) is 16.7 Å². The lowest BCUT2D eigenvalue weighted by atomic mass is 9.86. The van der Waals surface area contributed by atoms with Crippen molar-refractivity contribution >= 4 is 28.5 Å². The van der Waals surface area contributed by atoms with Crippen molar-refractivity contribution in [3.8, 4) is 11.4 Å². The predicted octanol–water partition coefficient (Wildman–Crippen LogP) is 4.70. The van der Waals surface area contributed by atoms with Crippen LogP contribution in [0.15, 0.2) is 30.5 Å². The summed E-state index contributed by atoms with van der Waals surface area (Å²) in [5.74, 6) is 1.08. The quantitative estimate of drug-likeness (QED) is 0.674. The highest BCUT2D eigenvalue weighted by Crippen LogP contribution is 2.31. The molecule has 0 bridgehead atoms. The molecule has 7 heteroatoms. The number of amides is 1. The van der Waals surface area contributed by atoms with Gasteiger partial charge in [0.25, 0.3) is 5.91 Å². The lowest BCUT2D eigenvalue weighted by Gasteiger charge is -2.29. The third-order valence-electron chi connectivity index (χ3n) is 5.80. The van der Waals surface area contributed by atoms with Crippen molar-refractivity contribution in [3.05, 3.63) is 46.7 Å². The summed E-state index contributed by atoms with van der Waals surface area (Å²) in [4.78, 5) is 17.4. The summed E-state index contributed by atoms with van der Waals surface area (Å²) in [5.41, 5.74) is 2.60. The first kappa shape index (κ1) is 19.7. The number of rotatable bonds is 4. The van der Waals surface area contributed by atoms with E-state index in [1.54, 1.807) is 18.0 Å². The van der Waals surface area contributed by atoms with Crippen LogP contribution in [0.2, 0.25) is 5.02 Å². The van der Waals surface area contributed by atoms with Gasteiger partial charge in [0, 0.05) is 12.2 Å². The van der Waals surface area contributed by atoms with Crippen molar-refractivity contribution in [3.63, 3.8) is 0 Å². The zero-order chi connectivity index (χ0) is 20.5. The Morgan fingerprint density at radius 1 is 1.24 bits per heavy atom. The van der Waals surface area contributed by atoms with Crippen molar-refractivity contribution in [1.82, 2.24) is 20.1 Å². The lowest BCUT2D eigenvalue weighted by molar-refractivity contribution is 0.0910. The molecule has 2 atom stereocenters. The Morgan fingerprint density at radius 2 is 1.97 bits per heavy atom. The maximum absolute atomic E-state index is 12.9. The number of ether oxygens (including phenoxy) is 1. The van der Waals surface area contributed by atoms with Gasteiger partial charge in [-0.3, -0.25) is 4.79 Å². The lowest BCUT2D eigenvalue weighted by Crippen LogP contribution is -2.41. The maximum atomic E-state index is 12.9. The fourth-order valence-corrected chi connectivity index (χ4v) is 4.40. The Balaban J connectivity index is 1.68. The summed E-state index contributed by atoms with van der Waals surface area (Å²) in [6.07, 6.45) is 6.08. The molecule has 1 aromatic carbocycles. The number of benzene rings is 1. The zero-order valence-corrected chi connectivity index (χ0v) is 17.7. The first-order valence-electron chi connectivity index (χ1n) is 9.98. The van der Waals surface area contributed by atoms with Crippen LogP contribution in [-0.4, -0.2) is 33.8 Å². The summed E-state index contributed by atoms with van der Waals surface area (Å²) in [6.45, 7) is 4.07. The molecule has 0 saturated heterocycles. The standard InChI is InChI=1S/C22H25ClN4O2/c1-13-6-4-5-7-18(13)25-22(28)17-12-24-21-19(20(17)23)14(2)26-27(21)15-8-10-16(29-3)11-9-15/h8-13,18H,4-7H2,1-3H3,(H,25,28)/t13-,18-/m0/s1. The second-order valence-electron chi connectivity index (χ2n) is 7.72. The molecule has 1 amide bonds. The van der Waals surface area contributed by atoms with Gasteiger partial charge < -0.3 is 10.1 Å². The number of hydrogen-bond donors (Lipinski definition) is 1. The third kappa shape index (κ3) is 3.69. The number of carbonyl (C=O) groups excluding carboxylic acids is 1. The molecule has 2 aromatic heterocycles. The minimum absolute atomic E-state index is 0.167. The minimum Gasteiger partial charge on any atom is -0.497 e. The Bertz CT molecular complexity index is 1050. The molecule has 0 spiro atoms. The number of carbonyl (C=O) groups is 1. The van der Waals surface area contributed by atoms with E-state index in [0.717, 1.165) is 36.4 Å². The van der Waals surface area contributed by atoms with Crippen LogP contribution < -0.4 is 10.1 Å². The second-order valence-corrected chi connectivity index (χ2v) is 8.10. The van der Waals surface area contributed by atoms with Crippen molar-refractivity contribution in [2.24, 2.45) is 5.92 Å². The normalized spacial score (nSPS) is 19.3. The summed E-state index contributed by atoms with van der Waals surface area (Å²) in [7, 11) is 1.63. The van der Waals surface area contributed by atoms with Gasteiger partial charge in [-0.1, -0.05) is 31.4 Å². The molecule has 6 nitrogen and oxygen atoms in total. The fourth-order valence-electron chi connectivity index (χ4n) is 4.05. The number of pyridine rings is 1. The summed E-state index contributed by atoms with van der Waals surface area (Å²) in [5, 5.41) is 8.86. The van der Waals surface area contributed by atoms with Crippen LogP contribution in [0.4, 0.5) is 0 Å². The second kappa shape index (κ2) is 8.03. The average Bonchev–Trinajstić information content (AvgIpc) is 3.07. The van der Waals surface area contributed by atoms with Gasteiger partial charge in [0.1, 0.15) is 5.75 Å². The number of hydrogen-bond acceptors (Lipinski definition) is 4. The molecule has 1 N–H and O–H groups in total. The Morgan fingerprint density at radius 3 is 2.66 bits per heavy atom. The molecule has 1 saturated carbocycles. The van der Waals surface area contributed by atoms with Gasteiger partial charge in [-0.15, -0.1) is 0 Å². The highest BCUT2D eigenvalue weighted by atomic mass is 35.5. The first-order chi connectivity index (χ1) is 14.0. The molecule has 1 aliphatic carbocycles. The van der Waals surface area contributed by atoms with Crippen LogP contribution in [-0.2, 0) is 0 Å². The Hall–Kier alpha value is -2.60. The fraction of sp³-hybridized carbons (Fsp3) is 0.409. The van der Waals surface area contributed by atoms with E-state index in [2.05, 4.69) is 22.3 Å². The molecule has 0 unspecified atom stereocenters. The molecule has 0 aliphatic heterocycles. The van der Waals surface area contributed by atoms with Crippen molar-refractivity contribution in [1.29, 1.82) is 0 Å². The van der Waals surface area contributed by atoms with Gasteiger partial charge in [0.2, 0.25) is 0 Å². The van der Waals surface area contributed by atoms with Gasteiger partial charge in [0.15, 0.2) is 5.65 Å². The van der Waals surface area contributed by atoms with Crippen molar-refractivity contribution in [2.75, 3.05) is 7.11 Å². The Labute approximate surface area is 175 Å². The van der Waals surface area contributed by atoms with E-state index < -0.39 is 0 Å². The van der Waals surface area contributed by atoms with Crippen molar-refractivity contribution in [2.45, 2.75) is 45.6 Å². The van der Waals surface area contributed by atoms with E-state index >= 15 is 0 Å². The molecular weight excluding hydrogens is 388 g/mol. The van der Waals surface area contributed by atoms with E-state index in [1.165, 1.54) is 6.42 Å². The Kier molecular flexibility index (Phi) is 5.46. The van der Waals surface area contributed by atoms with Gasteiger partial charge in [-0.25, -0.2) is 9.67 Å². The van der Waals surface area contributed by atoms with Crippen LogP contribution in [0.5, 0.6) is 5.75 Å². The molecule has 0 radical (unpaired) electrons. The van der Waals surface area contributed by atoms with Crippen LogP contribution in [0, 0.1) is 12.8 Å². The average molecular weight is 413 g/mol. The summed E-state index contributed by atoms with van der Waals surface area (Å²) in [6, 6.07) is 7.74. The molecule has 1 aliphatic rings. The molecule has 152 valence electrons. The highest BCUT2D eigenvalue weighted by Gasteiger charge is 2.26. The zero-order valence-electron chi connectivity index (χ0n) is 16.9. The van der Waals surface area contributed by atoms with E-state index in [4.69, 9.17) is 16.3 Å². The number of methoxy groups -OCH3 is 1. The maximum Gasteiger partial charge on any atom is 0.254 e. The third-order valence-corrected chi connectivity index (χ3v) is 6.19. The van der Waals surface area contributed by atoms with Crippen LogP contribution in [0.3, 0.4) is 0 Å². The number of nitrogens with one attached hydrogen (secondary N) is 1. The van der Waals surface area contributed by atoms with Crippen LogP contribution in [0.1, 0.15) is 48.7 Å². The van der Waals surface area contributed by atoms with Crippen molar-refractivity contribution < 1.29 is 9.53 Å². The van der Waals surface area contributed by atoms with E-state index in [0.29, 0.717) is 27.5 Å². The molecule has 2 heterocycles. The number of nitrogens with zero attached hydrogens (tertiary/aromatic N) is 3. The molecule has 29 heavy (non-hydrogen) atoms. The monoisotopic (exact) mass is 412 g/mol. The molecule has 4 rings (SSSR count). The van der Waals surface area contributed by atoms with E-state index in [9.17, 15) is 4.79 Å². The van der Waals surface area contributed by atoms with E-state index in [-0.39, 0.29) is 11.9 Å². The summed E-state index contributed by atoms with van der Waals surface area (Å²) >= 11 is 6.67. The van der Waals surface area contributed by atoms with Gasteiger partial charge >= 0.3 is 0 Å². The number of fused-ring (bicyclic) bond motifs is 1. The highest BCUT2D eigenvalue weighted by molar-refractivity contribution is 6.38. The van der Waals surface area contributed by atoms with Gasteiger partial charge in [-0.05, 0) is 49.9 Å². The van der Waals surface area contributed by atoms with Gasteiger partial charge in [-0.2, -0.15) is 5.10 Å². The van der Waals surface area contributed by atoms with E-state index in [1.807, 2.05) is 31.2 Å². The molecule has 3 aromatic rings. The topological polar surface area (TPSA) is 69.0 Å². The number of halogens is 1. The first-order valence-corrected chi connectivity index (χ1v) is 10.4. The smallest absolute Gasteiger partial charge is 0.254 e. The molecular formula is C22H25ClN4O2. The summed E-state index contributed by atoms with van der Waals surface area (Å²) < 4.78 is 6.95. The van der Waals surface area contributed by atoms with Gasteiger partial charge in [0.05, 0.1) is 34.5 Å². The number of aromatic nitrogens is 3. The largest absolute Gasteiger partial charge is 0.497 e. The molecule has 1 fully saturated rings. The number of aryl methyl sites for hydroxylation is 1. The minimum atomic E-state index is -0.167. The SMILES string of the molecule is COc1ccc(-n2nc(C)c3c(Cl)c(C(=O)N[C@H]4CCCC[C@@H]4C)cnc32)cc1. The predicted molar refractivity (Wildman–Crippen MR) is 114 cm³/mol. The van der Waals surface area contributed by atoms with Crippen LogP contribution >= 0.6 is 11.6 Å².